The number of hydrogen-bond acceptors (Lipinski definition) is 5. The average molecular weight is 442 g/mol. The van der Waals surface area contributed by atoms with Crippen molar-refractivity contribution in [3.63, 3.8) is 0 Å². The van der Waals surface area contributed by atoms with Crippen LogP contribution in [0, 0.1) is 31.0 Å². The molecule has 8 nitrogen and oxygen atoms in total. The summed E-state index contributed by atoms with van der Waals surface area (Å²) in [5, 5.41) is 13.8. The van der Waals surface area contributed by atoms with Gasteiger partial charge in [-0.15, -0.1) is 0 Å². The predicted molar refractivity (Wildman–Crippen MR) is 120 cm³/mol. The van der Waals surface area contributed by atoms with Gasteiger partial charge < -0.3 is 11.5 Å². The van der Waals surface area contributed by atoms with Crippen LogP contribution in [0.4, 0.5) is 4.39 Å². The highest BCUT2D eigenvalue weighted by atomic mass is 19.1. The number of carbonyl (C=O) groups excluding carboxylic acids is 2. The Bertz CT molecular complexity index is 1500. The molecular weight excluding hydrogens is 423 g/mol. The number of halogens is 1. The van der Waals surface area contributed by atoms with E-state index < -0.39 is 17.6 Å². The third-order valence-electron chi connectivity index (χ3n) is 5.53. The van der Waals surface area contributed by atoms with Crippen molar-refractivity contribution < 1.29 is 14.0 Å². The Morgan fingerprint density at radius 2 is 1.79 bits per heavy atom. The summed E-state index contributed by atoms with van der Waals surface area (Å²) in [6, 6.07) is 13.3. The molecule has 33 heavy (non-hydrogen) atoms. The normalized spacial score (nSPS) is 10.8. The number of nitrogens with zero attached hydrogens (tertiary/aromatic N) is 4. The molecule has 0 aliphatic carbocycles. The Morgan fingerprint density at radius 1 is 1.06 bits per heavy atom. The average Bonchev–Trinajstić information content (AvgIpc) is 3.05. The number of nitriles is 1. The van der Waals surface area contributed by atoms with Crippen LogP contribution >= 0.6 is 0 Å². The second kappa shape index (κ2) is 8.16. The van der Waals surface area contributed by atoms with Crippen LogP contribution in [0.15, 0.2) is 42.5 Å². The lowest BCUT2D eigenvalue weighted by atomic mass is 9.92. The number of benzene rings is 2. The summed E-state index contributed by atoms with van der Waals surface area (Å²) in [6.45, 7) is 3.70. The van der Waals surface area contributed by atoms with E-state index in [0.29, 0.717) is 22.5 Å². The van der Waals surface area contributed by atoms with E-state index in [-0.39, 0.29) is 34.3 Å². The second-order valence-electron chi connectivity index (χ2n) is 7.55. The lowest BCUT2D eigenvalue weighted by Crippen LogP contribution is -2.21. The number of hydrogen-bond donors (Lipinski definition) is 2. The molecular formula is C24H19FN6O2. The van der Waals surface area contributed by atoms with Gasteiger partial charge in [0, 0.05) is 22.2 Å². The minimum absolute atomic E-state index is 0.0439. The Labute approximate surface area is 188 Å². The van der Waals surface area contributed by atoms with Crippen LogP contribution in [0.25, 0.3) is 22.0 Å². The van der Waals surface area contributed by atoms with Gasteiger partial charge in [0.1, 0.15) is 11.5 Å². The Hall–Kier alpha value is -4.58. The zero-order valence-corrected chi connectivity index (χ0v) is 17.9. The number of amides is 2. The summed E-state index contributed by atoms with van der Waals surface area (Å²) in [4.78, 5) is 29.2. The maximum absolute atomic E-state index is 14.8. The minimum atomic E-state index is -0.925. The Morgan fingerprint density at radius 3 is 2.45 bits per heavy atom. The number of primary amides is 2. The number of aromatic nitrogens is 3. The van der Waals surface area contributed by atoms with E-state index in [4.69, 9.17) is 11.5 Å². The molecule has 9 heteroatoms. The van der Waals surface area contributed by atoms with Crippen LogP contribution in [-0.4, -0.2) is 26.6 Å². The van der Waals surface area contributed by atoms with Crippen molar-refractivity contribution in [3.05, 3.63) is 82.1 Å². The fourth-order valence-corrected chi connectivity index (χ4v) is 4.08. The van der Waals surface area contributed by atoms with Crippen molar-refractivity contribution in [2.45, 2.75) is 20.4 Å². The van der Waals surface area contributed by atoms with Crippen LogP contribution in [0.2, 0.25) is 0 Å². The Balaban J connectivity index is 2.04. The number of nitrogens with two attached hydrogens (primary N) is 2. The second-order valence-corrected chi connectivity index (χ2v) is 7.55. The summed E-state index contributed by atoms with van der Waals surface area (Å²) in [7, 11) is 0. The van der Waals surface area contributed by atoms with Gasteiger partial charge in [-0.05, 0) is 37.6 Å². The summed E-state index contributed by atoms with van der Waals surface area (Å²) in [5.41, 5.74) is 13.7. The van der Waals surface area contributed by atoms with Gasteiger partial charge in [-0.2, -0.15) is 10.4 Å². The molecule has 0 aliphatic rings. The van der Waals surface area contributed by atoms with Gasteiger partial charge in [-0.3, -0.25) is 14.3 Å². The third kappa shape index (κ3) is 3.57. The molecule has 0 aliphatic heterocycles. The maximum Gasteiger partial charge on any atom is 0.267 e. The quantitative estimate of drug-likeness (QED) is 0.489. The number of carbonyl (C=O) groups is 2. The highest BCUT2D eigenvalue weighted by molar-refractivity contribution is 6.15. The number of aryl methyl sites for hydroxylation is 1. The molecule has 0 bridgehead atoms. The summed E-state index contributed by atoms with van der Waals surface area (Å²) in [5.74, 6) is -2.51. The van der Waals surface area contributed by atoms with Gasteiger partial charge in [-0.1, -0.05) is 24.3 Å². The van der Waals surface area contributed by atoms with Crippen molar-refractivity contribution in [2.24, 2.45) is 11.5 Å². The van der Waals surface area contributed by atoms with Crippen molar-refractivity contribution in [3.8, 4) is 17.2 Å². The zero-order chi connectivity index (χ0) is 23.9. The fraction of sp³-hybridized carbons (Fsp3) is 0.125. The molecule has 4 aromatic rings. The Kier molecular flexibility index (Phi) is 5.35. The molecule has 0 fully saturated rings. The lowest BCUT2D eigenvalue weighted by molar-refractivity contribution is 0.0996. The van der Waals surface area contributed by atoms with Gasteiger partial charge >= 0.3 is 0 Å². The first-order valence-corrected chi connectivity index (χ1v) is 9.98. The van der Waals surface area contributed by atoms with Crippen LogP contribution in [-0.2, 0) is 6.54 Å². The van der Waals surface area contributed by atoms with Crippen LogP contribution < -0.4 is 11.5 Å². The molecule has 0 saturated carbocycles. The molecule has 4 rings (SSSR count). The zero-order valence-electron chi connectivity index (χ0n) is 17.9. The summed E-state index contributed by atoms with van der Waals surface area (Å²) in [6.07, 6.45) is 0. The van der Waals surface area contributed by atoms with E-state index in [1.54, 1.807) is 30.7 Å². The SMILES string of the molecule is Cc1nn(Cc2ccccc2C#N)c(C)c1-c1c(C(N)=O)nc2cccc(F)c2c1C(N)=O. The van der Waals surface area contributed by atoms with Crippen molar-refractivity contribution >= 4 is 22.7 Å². The summed E-state index contributed by atoms with van der Waals surface area (Å²) >= 11 is 0. The molecule has 2 aromatic heterocycles. The molecule has 2 aromatic carbocycles. The van der Waals surface area contributed by atoms with E-state index in [1.807, 2.05) is 12.1 Å². The fourth-order valence-electron chi connectivity index (χ4n) is 4.08. The monoisotopic (exact) mass is 442 g/mol. The van der Waals surface area contributed by atoms with Gasteiger partial charge in [-0.25, -0.2) is 9.37 Å². The first kappa shape index (κ1) is 21.6. The van der Waals surface area contributed by atoms with Crippen molar-refractivity contribution in [2.75, 3.05) is 0 Å². The largest absolute Gasteiger partial charge is 0.366 e. The molecule has 0 saturated heterocycles. The van der Waals surface area contributed by atoms with Gasteiger partial charge in [0.15, 0.2) is 0 Å². The van der Waals surface area contributed by atoms with Crippen LogP contribution in [0.3, 0.4) is 0 Å². The van der Waals surface area contributed by atoms with Gasteiger partial charge in [0.2, 0.25) is 5.91 Å². The van der Waals surface area contributed by atoms with Crippen LogP contribution in [0.5, 0.6) is 0 Å². The highest BCUT2D eigenvalue weighted by Crippen LogP contribution is 2.37. The minimum Gasteiger partial charge on any atom is -0.366 e. The molecule has 0 spiro atoms. The third-order valence-corrected chi connectivity index (χ3v) is 5.53. The number of pyridine rings is 1. The van der Waals surface area contributed by atoms with E-state index >= 15 is 0 Å². The first-order valence-electron chi connectivity index (χ1n) is 9.98. The molecule has 164 valence electrons. The van der Waals surface area contributed by atoms with Crippen molar-refractivity contribution in [1.82, 2.24) is 14.8 Å². The van der Waals surface area contributed by atoms with Crippen molar-refractivity contribution in [1.29, 1.82) is 5.26 Å². The summed E-state index contributed by atoms with van der Waals surface area (Å²) < 4.78 is 16.4. The molecule has 0 radical (unpaired) electrons. The van der Waals surface area contributed by atoms with E-state index in [0.717, 1.165) is 5.56 Å². The predicted octanol–water partition coefficient (Wildman–Crippen LogP) is 2.97. The van der Waals surface area contributed by atoms with E-state index in [2.05, 4.69) is 16.2 Å². The smallest absolute Gasteiger partial charge is 0.267 e. The van der Waals surface area contributed by atoms with Crippen LogP contribution in [0.1, 0.15) is 43.4 Å². The van der Waals surface area contributed by atoms with Gasteiger partial charge in [0.25, 0.3) is 5.91 Å². The number of fused-ring (bicyclic) bond motifs is 1. The molecule has 2 amide bonds. The van der Waals surface area contributed by atoms with Gasteiger partial charge in [0.05, 0.1) is 35.0 Å². The van der Waals surface area contributed by atoms with E-state index in [1.165, 1.54) is 18.2 Å². The lowest BCUT2D eigenvalue weighted by Gasteiger charge is -2.15. The first-order chi connectivity index (χ1) is 15.7. The molecule has 0 atom stereocenters. The molecule has 4 N–H and O–H groups in total. The van der Waals surface area contributed by atoms with E-state index in [9.17, 15) is 19.2 Å². The topological polar surface area (TPSA) is 141 Å². The number of rotatable bonds is 5. The molecule has 2 heterocycles. The molecule has 0 unspecified atom stereocenters. The maximum atomic E-state index is 14.8. The standard InChI is InChI=1S/C24H19FN6O2/c1-12-18(13(2)31(30-12)11-15-7-4-3-6-14(15)10-26)20-21(23(27)32)19-16(25)8-5-9-17(19)29-22(20)24(28)33/h3-9H,11H2,1-2H3,(H2,27,32)(H2,28,33). The highest BCUT2D eigenvalue weighted by Gasteiger charge is 2.28.